The minimum absolute atomic E-state index is 0.0220. The standard InChI is InChI=1S/C17H29N5O2/c1-11(2)17(24)22-9-7-21(8-10-22)14(5)16(23)18-15-12(3)19-20(6)13(15)4/h11,14H,7-10H2,1-6H3,(H,18,23)/t14-/m1/s1. The molecule has 2 heterocycles. The highest BCUT2D eigenvalue weighted by Gasteiger charge is 2.28. The smallest absolute Gasteiger partial charge is 0.241 e. The lowest BCUT2D eigenvalue weighted by Crippen LogP contribution is -2.54. The first-order valence-corrected chi connectivity index (χ1v) is 8.56. The van der Waals surface area contributed by atoms with Crippen LogP contribution in [0.15, 0.2) is 0 Å². The van der Waals surface area contributed by atoms with Crippen LogP contribution in [0.25, 0.3) is 0 Å². The zero-order valence-electron chi connectivity index (χ0n) is 15.6. The van der Waals surface area contributed by atoms with E-state index in [1.165, 1.54) is 0 Å². The quantitative estimate of drug-likeness (QED) is 0.896. The van der Waals surface area contributed by atoms with E-state index >= 15 is 0 Å². The number of nitrogens with one attached hydrogen (secondary N) is 1. The van der Waals surface area contributed by atoms with Crippen LogP contribution in [-0.2, 0) is 16.6 Å². The van der Waals surface area contributed by atoms with Gasteiger partial charge in [-0.15, -0.1) is 0 Å². The molecule has 1 aromatic heterocycles. The molecule has 0 aromatic carbocycles. The highest BCUT2D eigenvalue weighted by atomic mass is 16.2. The second kappa shape index (κ2) is 7.34. The fraction of sp³-hybridized carbons (Fsp3) is 0.706. The molecule has 0 spiro atoms. The van der Waals surface area contributed by atoms with Crippen LogP contribution in [0.4, 0.5) is 5.69 Å². The number of carbonyl (C=O) groups excluding carboxylic acids is 2. The van der Waals surface area contributed by atoms with Crippen LogP contribution >= 0.6 is 0 Å². The van der Waals surface area contributed by atoms with Gasteiger partial charge in [-0.3, -0.25) is 19.2 Å². The number of amides is 2. The molecule has 1 atom stereocenters. The van der Waals surface area contributed by atoms with Crippen molar-refractivity contribution in [1.82, 2.24) is 19.6 Å². The van der Waals surface area contributed by atoms with Crippen LogP contribution < -0.4 is 5.32 Å². The Hall–Kier alpha value is -1.89. The lowest BCUT2D eigenvalue weighted by molar-refractivity contribution is -0.136. The van der Waals surface area contributed by atoms with Crippen LogP contribution in [0, 0.1) is 19.8 Å². The van der Waals surface area contributed by atoms with E-state index in [9.17, 15) is 9.59 Å². The van der Waals surface area contributed by atoms with Crippen LogP contribution in [0.3, 0.4) is 0 Å². The Balaban J connectivity index is 1.94. The minimum Gasteiger partial charge on any atom is -0.340 e. The molecule has 0 saturated carbocycles. The summed E-state index contributed by atoms with van der Waals surface area (Å²) >= 11 is 0. The molecule has 0 bridgehead atoms. The van der Waals surface area contributed by atoms with Crippen molar-refractivity contribution in [2.75, 3.05) is 31.5 Å². The summed E-state index contributed by atoms with van der Waals surface area (Å²) in [6.07, 6.45) is 0. The number of aryl methyl sites for hydroxylation is 2. The summed E-state index contributed by atoms with van der Waals surface area (Å²) < 4.78 is 1.77. The van der Waals surface area contributed by atoms with Crippen molar-refractivity contribution >= 4 is 17.5 Å². The van der Waals surface area contributed by atoms with Gasteiger partial charge in [-0.25, -0.2) is 0 Å². The van der Waals surface area contributed by atoms with E-state index in [4.69, 9.17) is 0 Å². The zero-order valence-corrected chi connectivity index (χ0v) is 15.6. The summed E-state index contributed by atoms with van der Waals surface area (Å²) in [6.45, 7) is 12.4. The van der Waals surface area contributed by atoms with Gasteiger partial charge in [0.05, 0.1) is 23.1 Å². The van der Waals surface area contributed by atoms with Crippen molar-refractivity contribution < 1.29 is 9.59 Å². The molecular weight excluding hydrogens is 306 g/mol. The normalized spacial score (nSPS) is 17.2. The molecule has 2 amide bonds. The van der Waals surface area contributed by atoms with E-state index in [1.807, 2.05) is 46.6 Å². The number of nitrogens with zero attached hydrogens (tertiary/aromatic N) is 4. The number of anilines is 1. The van der Waals surface area contributed by atoms with E-state index in [2.05, 4.69) is 15.3 Å². The van der Waals surface area contributed by atoms with Gasteiger partial charge in [0.1, 0.15) is 0 Å². The molecule has 1 N–H and O–H groups in total. The van der Waals surface area contributed by atoms with E-state index in [0.717, 1.165) is 30.2 Å². The van der Waals surface area contributed by atoms with Crippen LogP contribution in [0.2, 0.25) is 0 Å². The third kappa shape index (κ3) is 3.77. The van der Waals surface area contributed by atoms with Crippen molar-refractivity contribution in [3.63, 3.8) is 0 Å². The maximum Gasteiger partial charge on any atom is 0.241 e. The van der Waals surface area contributed by atoms with Gasteiger partial charge in [-0.05, 0) is 20.8 Å². The Kier molecular flexibility index (Phi) is 5.64. The van der Waals surface area contributed by atoms with E-state index in [-0.39, 0.29) is 23.8 Å². The molecule has 1 fully saturated rings. The molecular formula is C17H29N5O2. The molecule has 1 saturated heterocycles. The lowest BCUT2D eigenvalue weighted by atomic mass is 10.1. The Morgan fingerprint density at radius 1 is 1.08 bits per heavy atom. The monoisotopic (exact) mass is 335 g/mol. The zero-order chi connectivity index (χ0) is 18.0. The Morgan fingerprint density at radius 3 is 2.12 bits per heavy atom. The van der Waals surface area contributed by atoms with Crippen molar-refractivity contribution in [3.05, 3.63) is 11.4 Å². The van der Waals surface area contributed by atoms with Crippen molar-refractivity contribution in [1.29, 1.82) is 0 Å². The molecule has 7 nitrogen and oxygen atoms in total. The van der Waals surface area contributed by atoms with E-state index in [0.29, 0.717) is 13.1 Å². The third-order valence-electron chi connectivity index (χ3n) is 4.80. The Labute approximate surface area is 144 Å². The van der Waals surface area contributed by atoms with E-state index in [1.54, 1.807) is 4.68 Å². The summed E-state index contributed by atoms with van der Waals surface area (Å²) in [4.78, 5) is 28.6. The summed E-state index contributed by atoms with van der Waals surface area (Å²) in [5.41, 5.74) is 2.56. The molecule has 24 heavy (non-hydrogen) atoms. The Bertz CT molecular complexity index is 615. The number of aromatic nitrogens is 2. The molecule has 1 aromatic rings. The highest BCUT2D eigenvalue weighted by Crippen LogP contribution is 2.19. The first-order chi connectivity index (χ1) is 11.2. The third-order valence-corrected chi connectivity index (χ3v) is 4.80. The average Bonchev–Trinajstić information content (AvgIpc) is 2.79. The topological polar surface area (TPSA) is 70.5 Å². The number of hydrogen-bond acceptors (Lipinski definition) is 4. The predicted octanol–water partition coefficient (Wildman–Crippen LogP) is 1.16. The Morgan fingerprint density at radius 2 is 1.67 bits per heavy atom. The summed E-state index contributed by atoms with van der Waals surface area (Å²) in [5.74, 6) is 0.181. The van der Waals surface area contributed by atoms with Gasteiger partial charge in [0.25, 0.3) is 0 Å². The maximum atomic E-state index is 12.6. The van der Waals surface area contributed by atoms with Gasteiger partial charge in [-0.2, -0.15) is 5.10 Å². The number of carbonyl (C=O) groups is 2. The van der Waals surface area contributed by atoms with Crippen molar-refractivity contribution in [2.45, 2.75) is 40.7 Å². The lowest BCUT2D eigenvalue weighted by Gasteiger charge is -2.38. The van der Waals surface area contributed by atoms with Gasteiger partial charge in [0.2, 0.25) is 11.8 Å². The average molecular weight is 335 g/mol. The molecule has 7 heteroatoms. The second-order valence-corrected chi connectivity index (χ2v) is 6.85. The fourth-order valence-corrected chi connectivity index (χ4v) is 3.04. The highest BCUT2D eigenvalue weighted by molar-refractivity contribution is 5.95. The number of rotatable bonds is 4. The summed E-state index contributed by atoms with van der Waals surface area (Å²) in [5, 5.41) is 7.33. The summed E-state index contributed by atoms with van der Waals surface area (Å²) in [7, 11) is 1.87. The fourth-order valence-electron chi connectivity index (χ4n) is 3.04. The maximum absolute atomic E-state index is 12.6. The van der Waals surface area contributed by atoms with E-state index < -0.39 is 0 Å². The predicted molar refractivity (Wildman–Crippen MR) is 93.8 cm³/mol. The largest absolute Gasteiger partial charge is 0.340 e. The first-order valence-electron chi connectivity index (χ1n) is 8.56. The van der Waals surface area contributed by atoms with Crippen LogP contribution in [0.5, 0.6) is 0 Å². The molecule has 0 aliphatic carbocycles. The van der Waals surface area contributed by atoms with Crippen LogP contribution in [-0.4, -0.2) is 63.6 Å². The molecule has 0 radical (unpaired) electrons. The van der Waals surface area contributed by atoms with Gasteiger partial charge < -0.3 is 10.2 Å². The summed E-state index contributed by atoms with van der Waals surface area (Å²) in [6, 6.07) is -0.236. The molecule has 134 valence electrons. The molecule has 1 aliphatic heterocycles. The van der Waals surface area contributed by atoms with Gasteiger partial charge >= 0.3 is 0 Å². The van der Waals surface area contributed by atoms with Crippen molar-refractivity contribution in [3.8, 4) is 0 Å². The minimum atomic E-state index is -0.236. The van der Waals surface area contributed by atoms with Crippen molar-refractivity contribution in [2.24, 2.45) is 13.0 Å². The molecule has 2 rings (SSSR count). The SMILES string of the molecule is Cc1nn(C)c(C)c1NC(=O)[C@@H](C)N1CCN(C(=O)C(C)C)CC1. The first kappa shape index (κ1) is 18.4. The molecule has 0 unspecified atom stereocenters. The molecule has 1 aliphatic rings. The van der Waals surface area contributed by atoms with Gasteiger partial charge in [0.15, 0.2) is 0 Å². The van der Waals surface area contributed by atoms with Gasteiger partial charge in [-0.1, -0.05) is 13.8 Å². The second-order valence-electron chi connectivity index (χ2n) is 6.85. The number of piperazine rings is 1. The number of hydrogen-bond donors (Lipinski definition) is 1. The van der Waals surface area contributed by atoms with Crippen LogP contribution in [0.1, 0.15) is 32.2 Å². The van der Waals surface area contributed by atoms with Gasteiger partial charge in [0, 0.05) is 39.1 Å².